The van der Waals surface area contributed by atoms with Crippen LogP contribution in [0, 0.1) is 0 Å². The molecule has 0 aliphatic carbocycles. The summed E-state index contributed by atoms with van der Waals surface area (Å²) < 4.78 is 5.17. The second kappa shape index (κ2) is 7.88. The molecule has 3 rings (SSSR count). The SMILES string of the molecule is CCc1nc(CN2CCN(C[C@H](O)c3ccccc3)[C@@H](C)C2)no1. The zero-order valence-electron chi connectivity index (χ0n) is 14.4. The lowest BCUT2D eigenvalue weighted by Crippen LogP contribution is -2.52. The molecule has 0 radical (unpaired) electrons. The van der Waals surface area contributed by atoms with Gasteiger partial charge in [0.25, 0.3) is 0 Å². The van der Waals surface area contributed by atoms with E-state index in [0.29, 0.717) is 18.5 Å². The van der Waals surface area contributed by atoms with Gasteiger partial charge in [0.2, 0.25) is 5.89 Å². The zero-order valence-corrected chi connectivity index (χ0v) is 14.4. The van der Waals surface area contributed by atoms with Crippen LogP contribution in [-0.2, 0) is 13.0 Å². The third-order valence-corrected chi connectivity index (χ3v) is 4.62. The maximum Gasteiger partial charge on any atom is 0.226 e. The fraction of sp³-hybridized carbons (Fsp3) is 0.556. The zero-order chi connectivity index (χ0) is 16.9. The first-order valence-electron chi connectivity index (χ1n) is 8.66. The number of nitrogens with zero attached hydrogens (tertiary/aromatic N) is 4. The first-order valence-corrected chi connectivity index (χ1v) is 8.66. The monoisotopic (exact) mass is 330 g/mol. The van der Waals surface area contributed by atoms with E-state index in [2.05, 4.69) is 26.9 Å². The van der Waals surface area contributed by atoms with E-state index in [9.17, 15) is 5.11 Å². The summed E-state index contributed by atoms with van der Waals surface area (Å²) in [5.74, 6) is 1.46. The Morgan fingerprint density at radius 2 is 2.08 bits per heavy atom. The highest BCUT2D eigenvalue weighted by atomic mass is 16.5. The smallest absolute Gasteiger partial charge is 0.226 e. The number of aliphatic hydroxyl groups is 1. The molecular weight excluding hydrogens is 304 g/mol. The summed E-state index contributed by atoms with van der Waals surface area (Å²) in [6, 6.07) is 10.2. The number of rotatable bonds is 6. The molecule has 2 atom stereocenters. The van der Waals surface area contributed by atoms with E-state index in [0.717, 1.165) is 44.0 Å². The van der Waals surface area contributed by atoms with Crippen LogP contribution in [0.1, 0.15) is 37.2 Å². The van der Waals surface area contributed by atoms with Crippen LogP contribution < -0.4 is 0 Å². The van der Waals surface area contributed by atoms with Crippen molar-refractivity contribution in [3.05, 3.63) is 47.6 Å². The Morgan fingerprint density at radius 1 is 1.29 bits per heavy atom. The quantitative estimate of drug-likeness (QED) is 0.872. The van der Waals surface area contributed by atoms with Gasteiger partial charge in [0.15, 0.2) is 5.82 Å². The minimum atomic E-state index is -0.440. The molecule has 6 heteroatoms. The molecule has 1 saturated heterocycles. The summed E-state index contributed by atoms with van der Waals surface area (Å²) in [6.07, 6.45) is 0.332. The van der Waals surface area contributed by atoms with Gasteiger partial charge in [-0.15, -0.1) is 0 Å². The van der Waals surface area contributed by atoms with Crippen LogP contribution in [0.2, 0.25) is 0 Å². The number of β-amino-alcohol motifs (C(OH)–C–C–N with tert-alkyl or cyclic N) is 1. The van der Waals surface area contributed by atoms with E-state index in [1.807, 2.05) is 37.3 Å². The maximum atomic E-state index is 10.4. The molecule has 6 nitrogen and oxygen atoms in total. The van der Waals surface area contributed by atoms with E-state index in [4.69, 9.17) is 4.52 Å². The normalized spacial score (nSPS) is 21.0. The highest BCUT2D eigenvalue weighted by Crippen LogP contribution is 2.18. The Hall–Kier alpha value is -1.76. The van der Waals surface area contributed by atoms with Crippen LogP contribution in [-0.4, -0.2) is 57.3 Å². The number of benzene rings is 1. The molecule has 0 spiro atoms. The molecule has 1 aliphatic rings. The Balaban J connectivity index is 1.51. The number of piperazine rings is 1. The van der Waals surface area contributed by atoms with Gasteiger partial charge in [0.05, 0.1) is 12.6 Å². The first kappa shape index (κ1) is 17.1. The summed E-state index contributed by atoms with van der Waals surface area (Å²) in [5, 5.41) is 14.5. The van der Waals surface area contributed by atoms with Crippen molar-refractivity contribution in [1.29, 1.82) is 0 Å². The Morgan fingerprint density at radius 3 is 2.75 bits per heavy atom. The summed E-state index contributed by atoms with van der Waals surface area (Å²) in [4.78, 5) is 9.08. The van der Waals surface area contributed by atoms with E-state index in [1.165, 1.54) is 0 Å². The second-order valence-corrected chi connectivity index (χ2v) is 6.46. The number of aryl methyl sites for hydroxylation is 1. The number of aromatic nitrogens is 2. The largest absolute Gasteiger partial charge is 0.387 e. The lowest BCUT2D eigenvalue weighted by Gasteiger charge is -2.40. The molecule has 2 heterocycles. The van der Waals surface area contributed by atoms with Gasteiger partial charge in [-0.25, -0.2) is 0 Å². The van der Waals surface area contributed by atoms with Gasteiger partial charge in [0.1, 0.15) is 0 Å². The molecule has 0 bridgehead atoms. The van der Waals surface area contributed by atoms with Crippen LogP contribution in [0.4, 0.5) is 0 Å². The van der Waals surface area contributed by atoms with Gasteiger partial charge < -0.3 is 9.63 Å². The van der Waals surface area contributed by atoms with E-state index >= 15 is 0 Å². The average Bonchev–Trinajstić information content (AvgIpc) is 3.05. The molecule has 0 unspecified atom stereocenters. The predicted octanol–water partition coefficient (Wildman–Crippen LogP) is 1.87. The molecule has 1 aromatic heterocycles. The Kier molecular flexibility index (Phi) is 5.60. The molecule has 1 fully saturated rings. The van der Waals surface area contributed by atoms with Crippen LogP contribution in [0.3, 0.4) is 0 Å². The van der Waals surface area contributed by atoms with Gasteiger partial charge in [-0.2, -0.15) is 4.98 Å². The molecule has 1 aromatic carbocycles. The van der Waals surface area contributed by atoms with Crippen molar-refractivity contribution >= 4 is 0 Å². The van der Waals surface area contributed by atoms with Crippen molar-refractivity contribution < 1.29 is 9.63 Å². The van der Waals surface area contributed by atoms with Crippen LogP contribution in [0.5, 0.6) is 0 Å². The van der Waals surface area contributed by atoms with E-state index in [-0.39, 0.29) is 0 Å². The number of hydrogen-bond donors (Lipinski definition) is 1. The van der Waals surface area contributed by atoms with Gasteiger partial charge in [0, 0.05) is 38.6 Å². The third-order valence-electron chi connectivity index (χ3n) is 4.62. The number of aliphatic hydroxyl groups excluding tert-OH is 1. The summed E-state index contributed by atoms with van der Waals surface area (Å²) in [7, 11) is 0. The van der Waals surface area contributed by atoms with Gasteiger partial charge in [-0.3, -0.25) is 9.80 Å². The maximum absolute atomic E-state index is 10.4. The summed E-state index contributed by atoms with van der Waals surface area (Å²) in [6.45, 7) is 8.43. The van der Waals surface area contributed by atoms with Crippen LogP contribution >= 0.6 is 0 Å². The topological polar surface area (TPSA) is 65.6 Å². The van der Waals surface area contributed by atoms with Crippen molar-refractivity contribution in [2.45, 2.75) is 39.0 Å². The average molecular weight is 330 g/mol. The van der Waals surface area contributed by atoms with Crippen molar-refractivity contribution in [2.75, 3.05) is 26.2 Å². The highest BCUT2D eigenvalue weighted by Gasteiger charge is 2.26. The molecule has 24 heavy (non-hydrogen) atoms. The third kappa shape index (κ3) is 4.20. The fourth-order valence-corrected chi connectivity index (χ4v) is 3.19. The molecule has 130 valence electrons. The summed E-state index contributed by atoms with van der Waals surface area (Å²) in [5.41, 5.74) is 0.978. The molecule has 2 aromatic rings. The molecular formula is C18H26N4O2. The fourth-order valence-electron chi connectivity index (χ4n) is 3.19. The summed E-state index contributed by atoms with van der Waals surface area (Å²) >= 11 is 0. The van der Waals surface area contributed by atoms with Gasteiger partial charge >= 0.3 is 0 Å². The lowest BCUT2D eigenvalue weighted by molar-refractivity contribution is 0.0351. The standard InChI is InChI=1S/C18H26N4O2/c1-3-18-19-17(20-24-18)13-21-9-10-22(14(2)11-21)12-16(23)15-7-5-4-6-8-15/h4-8,14,16,23H,3,9-13H2,1-2H3/t14-,16-/m0/s1. The highest BCUT2D eigenvalue weighted by molar-refractivity contribution is 5.17. The molecule has 0 saturated carbocycles. The molecule has 1 aliphatic heterocycles. The van der Waals surface area contributed by atoms with Crippen LogP contribution in [0.15, 0.2) is 34.9 Å². The Bertz CT molecular complexity index is 631. The van der Waals surface area contributed by atoms with Crippen molar-refractivity contribution in [3.8, 4) is 0 Å². The van der Waals surface area contributed by atoms with E-state index < -0.39 is 6.10 Å². The van der Waals surface area contributed by atoms with Crippen molar-refractivity contribution in [3.63, 3.8) is 0 Å². The van der Waals surface area contributed by atoms with Crippen molar-refractivity contribution in [1.82, 2.24) is 19.9 Å². The molecule has 0 amide bonds. The van der Waals surface area contributed by atoms with Gasteiger partial charge in [-0.05, 0) is 12.5 Å². The van der Waals surface area contributed by atoms with Crippen molar-refractivity contribution in [2.24, 2.45) is 0 Å². The van der Waals surface area contributed by atoms with Gasteiger partial charge in [-0.1, -0.05) is 42.4 Å². The lowest BCUT2D eigenvalue weighted by atomic mass is 10.1. The second-order valence-electron chi connectivity index (χ2n) is 6.46. The minimum absolute atomic E-state index is 0.384. The van der Waals surface area contributed by atoms with Crippen LogP contribution in [0.25, 0.3) is 0 Å². The molecule has 1 N–H and O–H groups in total. The predicted molar refractivity (Wildman–Crippen MR) is 91.4 cm³/mol. The first-order chi connectivity index (χ1) is 11.7. The Labute approximate surface area is 143 Å². The minimum Gasteiger partial charge on any atom is -0.387 e. The number of hydrogen-bond acceptors (Lipinski definition) is 6. The van der Waals surface area contributed by atoms with E-state index in [1.54, 1.807) is 0 Å².